The maximum Gasteiger partial charge on any atom is 0.227 e. The Morgan fingerprint density at radius 1 is 1.12 bits per heavy atom. The van der Waals surface area contributed by atoms with Crippen LogP contribution in [0.5, 0.6) is 0 Å². The topological polar surface area (TPSA) is 61.4 Å². The Morgan fingerprint density at radius 2 is 1.81 bits per heavy atom. The average Bonchev–Trinajstić information content (AvgIpc) is 2.69. The van der Waals surface area contributed by atoms with Gasteiger partial charge in [0.1, 0.15) is 0 Å². The Morgan fingerprint density at radius 3 is 2.50 bits per heavy atom. The molecule has 0 spiro atoms. The molecule has 0 aromatic heterocycles. The van der Waals surface area contributed by atoms with E-state index in [1.807, 2.05) is 40.9 Å². The monoisotopic (exact) mass is 375 g/mol. The van der Waals surface area contributed by atoms with E-state index in [1.165, 1.54) is 12.8 Å². The number of nitrogens with zero attached hydrogens (tertiary/aromatic N) is 1. The molecule has 2 fully saturated rings. The van der Waals surface area contributed by atoms with E-state index in [0.717, 1.165) is 55.4 Å². The Bertz CT molecular complexity index is 594. The van der Waals surface area contributed by atoms with Crippen molar-refractivity contribution in [3.05, 3.63) is 29.8 Å². The maximum absolute atomic E-state index is 12.3. The van der Waals surface area contributed by atoms with Gasteiger partial charge in [0.25, 0.3) is 0 Å². The molecule has 2 amide bonds. The largest absolute Gasteiger partial charge is 0.341 e. The normalized spacial score (nSPS) is 18.5. The molecule has 1 aromatic rings. The summed E-state index contributed by atoms with van der Waals surface area (Å²) in [4.78, 5) is 26.4. The second-order valence-electron chi connectivity index (χ2n) is 7.15. The summed E-state index contributed by atoms with van der Waals surface area (Å²) in [7, 11) is 0. The number of rotatable bonds is 6. The van der Waals surface area contributed by atoms with E-state index in [2.05, 4.69) is 10.6 Å². The smallest absolute Gasteiger partial charge is 0.227 e. The summed E-state index contributed by atoms with van der Waals surface area (Å²) >= 11 is 1.91. The molecule has 2 aliphatic rings. The summed E-state index contributed by atoms with van der Waals surface area (Å²) in [6.07, 6.45) is 4.33. The SMILES string of the molecule is O=C(CCC1CCNCC1)Nc1ccc(CC(=O)N2CCSCC2)cc1. The van der Waals surface area contributed by atoms with Gasteiger partial charge in [-0.3, -0.25) is 9.59 Å². The first-order valence-corrected chi connectivity index (χ1v) is 10.8. The average molecular weight is 376 g/mol. The molecule has 1 aromatic carbocycles. The van der Waals surface area contributed by atoms with Gasteiger partial charge in [0.05, 0.1) is 6.42 Å². The Balaban J connectivity index is 1.41. The quantitative estimate of drug-likeness (QED) is 0.802. The number of hydrogen-bond acceptors (Lipinski definition) is 4. The molecule has 0 saturated carbocycles. The molecule has 26 heavy (non-hydrogen) atoms. The molecule has 0 radical (unpaired) electrons. The van der Waals surface area contributed by atoms with E-state index < -0.39 is 0 Å². The van der Waals surface area contributed by atoms with E-state index in [-0.39, 0.29) is 11.8 Å². The van der Waals surface area contributed by atoms with Crippen molar-refractivity contribution < 1.29 is 9.59 Å². The number of anilines is 1. The number of piperidine rings is 1. The molecule has 0 aliphatic carbocycles. The van der Waals surface area contributed by atoms with Gasteiger partial charge in [-0.25, -0.2) is 0 Å². The molecule has 6 heteroatoms. The van der Waals surface area contributed by atoms with Gasteiger partial charge < -0.3 is 15.5 Å². The van der Waals surface area contributed by atoms with Crippen molar-refractivity contribution >= 4 is 29.3 Å². The van der Waals surface area contributed by atoms with Gasteiger partial charge in [-0.2, -0.15) is 11.8 Å². The molecule has 2 aliphatic heterocycles. The molecule has 0 unspecified atom stereocenters. The zero-order chi connectivity index (χ0) is 18.2. The molecule has 3 rings (SSSR count). The summed E-state index contributed by atoms with van der Waals surface area (Å²) in [5.74, 6) is 3.02. The highest BCUT2D eigenvalue weighted by Crippen LogP contribution is 2.19. The minimum absolute atomic E-state index is 0.0816. The number of amides is 2. The fourth-order valence-electron chi connectivity index (χ4n) is 3.53. The number of carbonyl (C=O) groups excluding carboxylic acids is 2. The highest BCUT2D eigenvalue weighted by Gasteiger charge is 2.17. The lowest BCUT2D eigenvalue weighted by atomic mass is 9.93. The van der Waals surface area contributed by atoms with Crippen LogP contribution in [0, 0.1) is 5.92 Å². The fourth-order valence-corrected chi connectivity index (χ4v) is 4.44. The van der Waals surface area contributed by atoms with Crippen LogP contribution >= 0.6 is 11.8 Å². The lowest BCUT2D eigenvalue weighted by Crippen LogP contribution is -2.38. The molecule has 0 atom stereocenters. The number of carbonyl (C=O) groups is 2. The van der Waals surface area contributed by atoms with Crippen LogP contribution < -0.4 is 10.6 Å². The standard InChI is InChI=1S/C20H29N3O2S/c24-19(6-3-16-7-9-21-10-8-16)22-18-4-1-17(2-5-18)15-20(25)23-11-13-26-14-12-23/h1-2,4-5,16,21H,3,6-15H2,(H,22,24). The first kappa shape index (κ1) is 19.2. The third kappa shape index (κ3) is 6.02. The van der Waals surface area contributed by atoms with Crippen LogP contribution in [0.3, 0.4) is 0 Å². The molecule has 2 N–H and O–H groups in total. The third-order valence-corrected chi connectivity index (χ3v) is 6.14. The Kier molecular flexibility index (Phi) is 7.38. The number of hydrogen-bond donors (Lipinski definition) is 2. The maximum atomic E-state index is 12.3. The molecule has 0 bridgehead atoms. The predicted molar refractivity (Wildman–Crippen MR) is 108 cm³/mol. The van der Waals surface area contributed by atoms with E-state index >= 15 is 0 Å². The summed E-state index contributed by atoms with van der Waals surface area (Å²) in [6, 6.07) is 7.69. The first-order chi connectivity index (χ1) is 12.7. The number of nitrogens with one attached hydrogen (secondary N) is 2. The van der Waals surface area contributed by atoms with Gasteiger partial charge in [0, 0.05) is 36.7 Å². The molecule has 2 saturated heterocycles. The zero-order valence-corrected chi connectivity index (χ0v) is 16.2. The van der Waals surface area contributed by atoms with Crippen molar-refractivity contribution in [1.82, 2.24) is 10.2 Å². The van der Waals surface area contributed by atoms with Gasteiger partial charge >= 0.3 is 0 Å². The number of thioether (sulfide) groups is 1. The van der Waals surface area contributed by atoms with Crippen LogP contribution in [-0.4, -0.2) is 54.4 Å². The zero-order valence-electron chi connectivity index (χ0n) is 15.3. The van der Waals surface area contributed by atoms with Crippen molar-refractivity contribution in [3.63, 3.8) is 0 Å². The van der Waals surface area contributed by atoms with Crippen LogP contribution in [0.15, 0.2) is 24.3 Å². The number of benzene rings is 1. The Labute approximate surface area is 160 Å². The van der Waals surface area contributed by atoms with Crippen molar-refractivity contribution in [3.8, 4) is 0 Å². The van der Waals surface area contributed by atoms with Gasteiger partial charge in [0.15, 0.2) is 0 Å². The van der Waals surface area contributed by atoms with Crippen molar-refractivity contribution in [2.45, 2.75) is 32.1 Å². The minimum atomic E-state index is 0.0816. The van der Waals surface area contributed by atoms with Gasteiger partial charge in [-0.05, 0) is 56.0 Å². The molecule has 5 nitrogen and oxygen atoms in total. The fraction of sp³-hybridized carbons (Fsp3) is 0.600. The predicted octanol–water partition coefficient (Wildman–Crippen LogP) is 2.52. The first-order valence-electron chi connectivity index (χ1n) is 9.66. The minimum Gasteiger partial charge on any atom is -0.341 e. The highest BCUT2D eigenvalue weighted by atomic mass is 32.2. The van der Waals surface area contributed by atoms with Gasteiger partial charge in [-0.1, -0.05) is 12.1 Å². The lowest BCUT2D eigenvalue weighted by Gasteiger charge is -2.26. The van der Waals surface area contributed by atoms with E-state index in [0.29, 0.717) is 18.8 Å². The van der Waals surface area contributed by atoms with Crippen LogP contribution in [0.4, 0.5) is 5.69 Å². The van der Waals surface area contributed by atoms with E-state index in [1.54, 1.807) is 0 Å². The van der Waals surface area contributed by atoms with Gasteiger partial charge in [-0.15, -0.1) is 0 Å². The van der Waals surface area contributed by atoms with E-state index in [9.17, 15) is 9.59 Å². The molecule has 142 valence electrons. The second-order valence-corrected chi connectivity index (χ2v) is 8.37. The lowest BCUT2D eigenvalue weighted by molar-refractivity contribution is -0.130. The van der Waals surface area contributed by atoms with E-state index in [4.69, 9.17) is 0 Å². The van der Waals surface area contributed by atoms with Crippen molar-refractivity contribution in [1.29, 1.82) is 0 Å². The third-order valence-electron chi connectivity index (χ3n) is 5.20. The van der Waals surface area contributed by atoms with Crippen LogP contribution in [0.2, 0.25) is 0 Å². The molecule has 2 heterocycles. The summed E-state index contributed by atoms with van der Waals surface area (Å²) in [6.45, 7) is 3.86. The van der Waals surface area contributed by atoms with Crippen LogP contribution in [0.25, 0.3) is 0 Å². The van der Waals surface area contributed by atoms with Crippen molar-refractivity contribution in [2.75, 3.05) is 43.0 Å². The summed E-state index contributed by atoms with van der Waals surface area (Å²) in [5, 5.41) is 6.33. The highest BCUT2D eigenvalue weighted by molar-refractivity contribution is 7.99. The molecular weight excluding hydrogens is 346 g/mol. The summed E-state index contributed by atoms with van der Waals surface area (Å²) < 4.78 is 0. The van der Waals surface area contributed by atoms with Gasteiger partial charge in [0.2, 0.25) is 11.8 Å². The molecular formula is C20H29N3O2S. The Hall–Kier alpha value is -1.53. The van der Waals surface area contributed by atoms with Crippen LogP contribution in [0.1, 0.15) is 31.2 Å². The van der Waals surface area contributed by atoms with Crippen molar-refractivity contribution in [2.24, 2.45) is 5.92 Å². The van der Waals surface area contributed by atoms with Crippen LogP contribution in [-0.2, 0) is 16.0 Å². The summed E-state index contributed by atoms with van der Waals surface area (Å²) in [5.41, 5.74) is 1.81. The second kappa shape index (κ2) is 9.97.